The molecule has 6 heteroatoms. The van der Waals surface area contributed by atoms with Gasteiger partial charge >= 0.3 is 0 Å². The molecule has 0 aromatic carbocycles. The van der Waals surface area contributed by atoms with Crippen LogP contribution in [0.4, 0.5) is 0 Å². The highest BCUT2D eigenvalue weighted by Gasteiger charge is 2.49. The van der Waals surface area contributed by atoms with E-state index in [1.165, 1.54) is 0 Å². The maximum atomic E-state index is 12.1. The third-order valence-corrected chi connectivity index (χ3v) is 3.96. The molecule has 0 radical (unpaired) electrons. The molecule has 3 amide bonds. The number of amides is 3. The zero-order valence-electron chi connectivity index (χ0n) is 9.44. The van der Waals surface area contributed by atoms with Gasteiger partial charge in [0.2, 0.25) is 17.7 Å². The van der Waals surface area contributed by atoms with Gasteiger partial charge in [0.25, 0.3) is 0 Å². The molecule has 0 bridgehead atoms. The molecule has 3 rings (SSSR count). The van der Waals surface area contributed by atoms with E-state index in [0.717, 1.165) is 13.0 Å². The maximum absolute atomic E-state index is 12.1. The molecule has 17 heavy (non-hydrogen) atoms. The predicted octanol–water partition coefficient (Wildman–Crippen LogP) is -1.67. The van der Waals surface area contributed by atoms with Crippen LogP contribution >= 0.6 is 0 Å². The monoisotopic (exact) mass is 237 g/mol. The van der Waals surface area contributed by atoms with Crippen molar-refractivity contribution in [2.24, 2.45) is 17.8 Å². The smallest absolute Gasteiger partial charge is 0.232 e. The third-order valence-electron chi connectivity index (χ3n) is 3.96. The first-order valence-corrected chi connectivity index (χ1v) is 6.01. The Kier molecular flexibility index (Phi) is 2.39. The fourth-order valence-electron chi connectivity index (χ4n) is 2.95. The van der Waals surface area contributed by atoms with Gasteiger partial charge in [-0.05, 0) is 13.0 Å². The summed E-state index contributed by atoms with van der Waals surface area (Å²) in [6.45, 7) is 2.39. The van der Waals surface area contributed by atoms with E-state index in [-0.39, 0.29) is 35.5 Å². The minimum atomic E-state index is -0.319. The molecule has 0 aliphatic carbocycles. The molecule has 3 fully saturated rings. The van der Waals surface area contributed by atoms with Crippen molar-refractivity contribution in [1.82, 2.24) is 15.5 Å². The van der Waals surface area contributed by atoms with Crippen molar-refractivity contribution in [2.45, 2.75) is 6.42 Å². The number of nitrogens with zero attached hydrogens (tertiary/aromatic N) is 1. The van der Waals surface area contributed by atoms with E-state index in [9.17, 15) is 14.4 Å². The van der Waals surface area contributed by atoms with E-state index >= 15 is 0 Å². The molecular weight excluding hydrogens is 222 g/mol. The molecular formula is C11H15N3O3. The fourth-order valence-corrected chi connectivity index (χ4v) is 2.95. The van der Waals surface area contributed by atoms with E-state index in [0.29, 0.717) is 19.6 Å². The first-order chi connectivity index (χ1) is 8.16. The number of imide groups is 1. The Hall–Kier alpha value is -1.43. The summed E-state index contributed by atoms with van der Waals surface area (Å²) < 4.78 is 0. The van der Waals surface area contributed by atoms with Crippen molar-refractivity contribution in [3.8, 4) is 0 Å². The van der Waals surface area contributed by atoms with Crippen LogP contribution in [0.15, 0.2) is 0 Å². The number of nitrogens with one attached hydrogen (secondary N) is 2. The number of fused-ring (bicyclic) bond motifs is 1. The van der Waals surface area contributed by atoms with E-state index in [1.54, 1.807) is 4.90 Å². The normalized spacial score (nSPS) is 36.2. The second-order valence-corrected chi connectivity index (χ2v) is 5.00. The van der Waals surface area contributed by atoms with Gasteiger partial charge in [-0.2, -0.15) is 0 Å². The number of carbonyl (C=O) groups is 3. The Morgan fingerprint density at radius 1 is 1.18 bits per heavy atom. The molecule has 0 spiro atoms. The Bertz CT molecular complexity index is 367. The molecule has 0 aromatic rings. The molecule has 3 atom stereocenters. The second kappa shape index (κ2) is 3.80. The van der Waals surface area contributed by atoms with Gasteiger partial charge in [-0.15, -0.1) is 0 Å². The molecule has 3 heterocycles. The summed E-state index contributed by atoms with van der Waals surface area (Å²) >= 11 is 0. The van der Waals surface area contributed by atoms with E-state index < -0.39 is 0 Å². The quantitative estimate of drug-likeness (QED) is 0.534. The van der Waals surface area contributed by atoms with Gasteiger partial charge in [0.15, 0.2) is 0 Å². The number of hydrogen-bond acceptors (Lipinski definition) is 4. The Labute approximate surface area is 98.7 Å². The summed E-state index contributed by atoms with van der Waals surface area (Å²) in [5.41, 5.74) is 0. The standard InChI is InChI=1S/C11H15N3O3/c15-9-7-4-14(5-8(7)10(16)13-9)11(17)6-1-2-12-3-6/h6-8,12H,1-5H2,(H,13,15,16)/t6-,7+,8+/m0/s1. The lowest BCUT2D eigenvalue weighted by Crippen LogP contribution is -2.39. The fraction of sp³-hybridized carbons (Fsp3) is 0.727. The number of hydrogen-bond donors (Lipinski definition) is 2. The SMILES string of the molecule is O=C1NC(=O)[C@@H]2CN(C(=O)[C@H]3CCNC3)C[C@@H]12. The van der Waals surface area contributed by atoms with Crippen molar-refractivity contribution >= 4 is 17.7 Å². The van der Waals surface area contributed by atoms with Crippen molar-refractivity contribution in [1.29, 1.82) is 0 Å². The molecule has 3 aliphatic rings. The van der Waals surface area contributed by atoms with Crippen molar-refractivity contribution in [3.05, 3.63) is 0 Å². The molecule has 3 saturated heterocycles. The molecule has 6 nitrogen and oxygen atoms in total. The van der Waals surface area contributed by atoms with Crippen LogP contribution in [-0.4, -0.2) is 48.8 Å². The zero-order chi connectivity index (χ0) is 12.0. The number of carbonyl (C=O) groups excluding carboxylic acids is 3. The summed E-state index contributed by atoms with van der Waals surface area (Å²) in [5, 5.41) is 5.47. The highest BCUT2D eigenvalue weighted by Crippen LogP contribution is 2.29. The van der Waals surface area contributed by atoms with Crippen LogP contribution in [-0.2, 0) is 14.4 Å². The van der Waals surface area contributed by atoms with Crippen LogP contribution in [0.2, 0.25) is 0 Å². The van der Waals surface area contributed by atoms with Gasteiger partial charge in [0.05, 0.1) is 17.8 Å². The zero-order valence-corrected chi connectivity index (χ0v) is 9.44. The lowest BCUT2D eigenvalue weighted by Gasteiger charge is -2.20. The van der Waals surface area contributed by atoms with Gasteiger partial charge < -0.3 is 10.2 Å². The molecule has 3 aliphatic heterocycles. The lowest BCUT2D eigenvalue weighted by atomic mass is 10.00. The molecule has 2 N–H and O–H groups in total. The minimum Gasteiger partial charge on any atom is -0.341 e. The molecule has 0 saturated carbocycles. The van der Waals surface area contributed by atoms with Crippen LogP contribution in [0, 0.1) is 17.8 Å². The molecule has 0 unspecified atom stereocenters. The maximum Gasteiger partial charge on any atom is 0.232 e. The average molecular weight is 237 g/mol. The largest absolute Gasteiger partial charge is 0.341 e. The van der Waals surface area contributed by atoms with Crippen LogP contribution in [0.25, 0.3) is 0 Å². The van der Waals surface area contributed by atoms with Gasteiger partial charge in [-0.1, -0.05) is 0 Å². The third kappa shape index (κ3) is 1.63. The van der Waals surface area contributed by atoms with Crippen molar-refractivity contribution in [3.63, 3.8) is 0 Å². The van der Waals surface area contributed by atoms with Crippen LogP contribution in [0.1, 0.15) is 6.42 Å². The van der Waals surface area contributed by atoms with Gasteiger partial charge in [-0.3, -0.25) is 19.7 Å². The summed E-state index contributed by atoms with van der Waals surface area (Å²) in [4.78, 5) is 36.8. The lowest BCUT2D eigenvalue weighted by molar-refractivity contribution is -0.134. The number of likely N-dealkylation sites (tertiary alicyclic amines) is 1. The Balaban J connectivity index is 1.70. The van der Waals surface area contributed by atoms with Crippen molar-refractivity contribution in [2.75, 3.05) is 26.2 Å². The van der Waals surface area contributed by atoms with Crippen LogP contribution in [0.5, 0.6) is 0 Å². The van der Waals surface area contributed by atoms with Crippen LogP contribution in [0.3, 0.4) is 0 Å². The topological polar surface area (TPSA) is 78.5 Å². The second-order valence-electron chi connectivity index (χ2n) is 5.00. The minimum absolute atomic E-state index is 0.0204. The summed E-state index contributed by atoms with van der Waals surface area (Å²) in [6.07, 6.45) is 0.852. The van der Waals surface area contributed by atoms with Gasteiger partial charge in [0, 0.05) is 19.6 Å². The molecule has 92 valence electrons. The van der Waals surface area contributed by atoms with Gasteiger partial charge in [0.1, 0.15) is 0 Å². The first-order valence-electron chi connectivity index (χ1n) is 6.01. The average Bonchev–Trinajstić information content (AvgIpc) is 3.00. The highest BCUT2D eigenvalue weighted by atomic mass is 16.2. The summed E-state index contributed by atoms with van der Waals surface area (Å²) in [5.74, 6) is -0.974. The van der Waals surface area contributed by atoms with Crippen molar-refractivity contribution < 1.29 is 14.4 Å². The molecule has 0 aromatic heterocycles. The van der Waals surface area contributed by atoms with Crippen LogP contribution < -0.4 is 10.6 Å². The van der Waals surface area contributed by atoms with Gasteiger partial charge in [-0.25, -0.2) is 0 Å². The summed E-state index contributed by atoms with van der Waals surface area (Å²) in [7, 11) is 0. The van der Waals surface area contributed by atoms with E-state index in [2.05, 4.69) is 10.6 Å². The number of rotatable bonds is 1. The Morgan fingerprint density at radius 2 is 1.82 bits per heavy atom. The Morgan fingerprint density at radius 3 is 2.35 bits per heavy atom. The highest BCUT2D eigenvalue weighted by molar-refractivity contribution is 6.06. The van der Waals surface area contributed by atoms with E-state index in [1.807, 2.05) is 0 Å². The summed E-state index contributed by atoms with van der Waals surface area (Å²) in [6, 6.07) is 0. The van der Waals surface area contributed by atoms with E-state index in [4.69, 9.17) is 0 Å². The predicted molar refractivity (Wildman–Crippen MR) is 57.7 cm³/mol. The first kappa shape index (κ1) is 10.7.